The molecule has 1 aromatic heterocycles. The number of carbonyl (C=O) groups is 1. The number of thiazole rings is 1. The first-order valence-corrected chi connectivity index (χ1v) is 7.92. The van der Waals surface area contributed by atoms with Gasteiger partial charge in [0.1, 0.15) is 10.7 Å². The van der Waals surface area contributed by atoms with Crippen molar-refractivity contribution >= 4 is 28.2 Å². The van der Waals surface area contributed by atoms with Crippen molar-refractivity contribution < 1.29 is 9.90 Å². The molecule has 6 N–H and O–H groups in total. The van der Waals surface area contributed by atoms with Crippen LogP contribution in [0.5, 0.6) is 0 Å². The predicted molar refractivity (Wildman–Crippen MR) is 84.5 cm³/mol. The number of carbonyl (C=O) groups excluding carboxylic acids is 1. The van der Waals surface area contributed by atoms with Gasteiger partial charge < -0.3 is 26.8 Å². The maximum absolute atomic E-state index is 12.3. The minimum atomic E-state index is -0.289. The van der Waals surface area contributed by atoms with Crippen molar-refractivity contribution in [3.05, 3.63) is 4.88 Å². The molecule has 0 bridgehead atoms. The Kier molecular flexibility index (Phi) is 5.02. The number of aliphatic hydroxyl groups excluding tert-OH is 1. The van der Waals surface area contributed by atoms with E-state index in [0.717, 1.165) is 24.6 Å². The number of aliphatic hydroxyl groups is 1. The fourth-order valence-electron chi connectivity index (χ4n) is 2.24. The summed E-state index contributed by atoms with van der Waals surface area (Å²) in [5.74, 6) is 0.0880. The van der Waals surface area contributed by atoms with Crippen molar-refractivity contribution in [3.8, 4) is 0 Å². The largest absolute Gasteiger partial charge is 0.394 e. The molecule has 0 aromatic carbocycles. The fraction of sp³-hybridized carbons (Fsp3) is 0.692. The van der Waals surface area contributed by atoms with E-state index in [0.29, 0.717) is 4.88 Å². The molecule has 2 unspecified atom stereocenters. The van der Waals surface area contributed by atoms with Crippen LogP contribution in [0.3, 0.4) is 0 Å². The molecule has 0 aliphatic carbocycles. The van der Waals surface area contributed by atoms with Gasteiger partial charge in [-0.3, -0.25) is 4.79 Å². The quantitative estimate of drug-likeness (QED) is 0.608. The smallest absolute Gasteiger partial charge is 0.265 e. The number of nitrogens with one attached hydrogen (secondary N) is 1. The highest BCUT2D eigenvalue weighted by Crippen LogP contribution is 2.30. The number of hydrogen-bond donors (Lipinski definition) is 4. The van der Waals surface area contributed by atoms with E-state index in [-0.39, 0.29) is 36.3 Å². The van der Waals surface area contributed by atoms with Gasteiger partial charge in [-0.1, -0.05) is 25.2 Å². The van der Waals surface area contributed by atoms with Crippen molar-refractivity contribution in [3.63, 3.8) is 0 Å². The first-order chi connectivity index (χ1) is 9.92. The number of amides is 1. The SMILES string of the molecule is CC(C)C(CO)NC(=O)c1sc(N2CCC(N)C2)nc1N. The van der Waals surface area contributed by atoms with Gasteiger partial charge in [0.05, 0.1) is 12.6 Å². The molecule has 1 fully saturated rings. The van der Waals surface area contributed by atoms with Crippen molar-refractivity contribution in [1.82, 2.24) is 10.3 Å². The minimum absolute atomic E-state index is 0.101. The molecule has 2 rings (SSSR count). The molecule has 2 heterocycles. The van der Waals surface area contributed by atoms with Gasteiger partial charge >= 0.3 is 0 Å². The van der Waals surface area contributed by atoms with Crippen LogP contribution in [-0.4, -0.2) is 47.8 Å². The van der Waals surface area contributed by atoms with E-state index in [2.05, 4.69) is 15.2 Å². The third-order valence-corrected chi connectivity index (χ3v) is 4.79. The second kappa shape index (κ2) is 6.59. The van der Waals surface area contributed by atoms with Crippen LogP contribution in [0.15, 0.2) is 0 Å². The van der Waals surface area contributed by atoms with Crippen LogP contribution in [0.4, 0.5) is 10.9 Å². The van der Waals surface area contributed by atoms with Gasteiger partial charge in [0.15, 0.2) is 5.13 Å². The van der Waals surface area contributed by atoms with Gasteiger partial charge in [-0.15, -0.1) is 0 Å². The predicted octanol–water partition coefficient (Wildman–Crippen LogP) is 0.00940. The molecule has 1 aliphatic rings. The highest BCUT2D eigenvalue weighted by atomic mass is 32.1. The molecule has 1 aliphatic heterocycles. The summed E-state index contributed by atoms with van der Waals surface area (Å²) in [6.07, 6.45) is 0.918. The number of nitrogens with two attached hydrogens (primary N) is 2. The van der Waals surface area contributed by atoms with E-state index in [1.165, 1.54) is 11.3 Å². The zero-order valence-corrected chi connectivity index (χ0v) is 13.2. The second-order valence-corrected chi connectivity index (χ2v) is 6.69. The highest BCUT2D eigenvalue weighted by Gasteiger charge is 2.26. The standard InChI is InChI=1S/C13H23N5O2S/c1-7(2)9(6-19)16-12(20)10-11(15)17-13(21-10)18-4-3-8(14)5-18/h7-9,19H,3-6,14-15H2,1-2H3,(H,16,20). The first kappa shape index (κ1) is 16.0. The molecular formula is C13H23N5O2S. The van der Waals surface area contributed by atoms with Crippen LogP contribution in [-0.2, 0) is 0 Å². The van der Waals surface area contributed by atoms with E-state index in [1.54, 1.807) is 0 Å². The van der Waals surface area contributed by atoms with Crippen LogP contribution in [0.1, 0.15) is 29.9 Å². The average Bonchev–Trinajstić information content (AvgIpc) is 3.01. The lowest BCUT2D eigenvalue weighted by Gasteiger charge is -2.19. The highest BCUT2D eigenvalue weighted by molar-refractivity contribution is 7.18. The third kappa shape index (κ3) is 3.63. The number of rotatable bonds is 5. The number of nitrogen functional groups attached to an aromatic ring is 1. The molecule has 2 atom stereocenters. The molecule has 118 valence electrons. The Morgan fingerprint density at radius 1 is 1.62 bits per heavy atom. The Morgan fingerprint density at radius 3 is 2.86 bits per heavy atom. The Hall–Kier alpha value is -1.38. The molecule has 21 heavy (non-hydrogen) atoms. The lowest BCUT2D eigenvalue weighted by Crippen LogP contribution is -2.41. The van der Waals surface area contributed by atoms with Crippen molar-refractivity contribution in [2.45, 2.75) is 32.4 Å². The molecule has 8 heteroatoms. The number of anilines is 2. The summed E-state index contributed by atoms with van der Waals surface area (Å²) in [5, 5.41) is 12.8. The summed E-state index contributed by atoms with van der Waals surface area (Å²) >= 11 is 1.27. The maximum Gasteiger partial charge on any atom is 0.265 e. The van der Waals surface area contributed by atoms with Crippen LogP contribution in [0, 0.1) is 5.92 Å². The third-order valence-electron chi connectivity index (χ3n) is 3.66. The summed E-state index contributed by atoms with van der Waals surface area (Å²) in [7, 11) is 0. The van der Waals surface area contributed by atoms with Crippen molar-refractivity contribution in [2.24, 2.45) is 11.7 Å². The summed E-state index contributed by atoms with van der Waals surface area (Å²) in [4.78, 5) is 19.0. The van der Waals surface area contributed by atoms with Gasteiger partial charge in [-0.2, -0.15) is 0 Å². The van der Waals surface area contributed by atoms with Gasteiger partial charge in [-0.05, 0) is 12.3 Å². The maximum atomic E-state index is 12.3. The first-order valence-electron chi connectivity index (χ1n) is 7.11. The van der Waals surface area contributed by atoms with Gasteiger partial charge in [0, 0.05) is 19.1 Å². The lowest BCUT2D eigenvalue weighted by atomic mass is 10.1. The normalized spacial score (nSPS) is 20.0. The summed E-state index contributed by atoms with van der Waals surface area (Å²) in [5.41, 5.74) is 11.7. The Labute approximate surface area is 128 Å². The van der Waals surface area contributed by atoms with E-state index < -0.39 is 0 Å². The van der Waals surface area contributed by atoms with E-state index in [9.17, 15) is 9.90 Å². The van der Waals surface area contributed by atoms with Crippen molar-refractivity contribution in [1.29, 1.82) is 0 Å². The topological polar surface area (TPSA) is 118 Å². The van der Waals surface area contributed by atoms with E-state index in [1.807, 2.05) is 13.8 Å². The van der Waals surface area contributed by atoms with Gasteiger partial charge in [0.2, 0.25) is 0 Å². The molecular weight excluding hydrogens is 290 g/mol. The Balaban J connectivity index is 2.09. The average molecular weight is 313 g/mol. The molecule has 1 aromatic rings. The molecule has 0 radical (unpaired) electrons. The molecule has 7 nitrogen and oxygen atoms in total. The number of nitrogens with zero attached hydrogens (tertiary/aromatic N) is 2. The molecule has 1 saturated heterocycles. The molecule has 0 spiro atoms. The number of aromatic nitrogens is 1. The minimum Gasteiger partial charge on any atom is -0.394 e. The molecule has 0 saturated carbocycles. The van der Waals surface area contributed by atoms with E-state index in [4.69, 9.17) is 11.5 Å². The lowest BCUT2D eigenvalue weighted by molar-refractivity contribution is 0.0901. The second-order valence-electron chi connectivity index (χ2n) is 5.71. The summed E-state index contributed by atoms with van der Waals surface area (Å²) in [6.45, 7) is 5.35. The van der Waals surface area contributed by atoms with Gasteiger partial charge in [0.25, 0.3) is 5.91 Å². The van der Waals surface area contributed by atoms with Gasteiger partial charge in [-0.25, -0.2) is 4.98 Å². The summed E-state index contributed by atoms with van der Waals surface area (Å²) in [6, 6.07) is -0.144. The van der Waals surface area contributed by atoms with Crippen LogP contribution in [0.2, 0.25) is 0 Å². The van der Waals surface area contributed by atoms with Crippen molar-refractivity contribution in [2.75, 3.05) is 30.3 Å². The Morgan fingerprint density at radius 2 is 2.33 bits per heavy atom. The molecule has 1 amide bonds. The van der Waals surface area contributed by atoms with E-state index >= 15 is 0 Å². The zero-order chi connectivity index (χ0) is 15.6. The fourth-order valence-corrected chi connectivity index (χ4v) is 3.16. The summed E-state index contributed by atoms with van der Waals surface area (Å²) < 4.78 is 0. The zero-order valence-electron chi connectivity index (χ0n) is 12.4. The Bertz CT molecular complexity index is 505. The van der Waals surface area contributed by atoms with Crippen LogP contribution < -0.4 is 21.7 Å². The monoisotopic (exact) mass is 313 g/mol. The van der Waals surface area contributed by atoms with Crippen LogP contribution in [0.25, 0.3) is 0 Å². The number of hydrogen-bond acceptors (Lipinski definition) is 7. The van der Waals surface area contributed by atoms with Crippen LogP contribution >= 0.6 is 11.3 Å².